The molecule has 0 aromatic carbocycles. The van der Waals surface area contributed by atoms with E-state index in [9.17, 15) is 24.1 Å². The predicted octanol–water partition coefficient (Wildman–Crippen LogP) is 0.787. The molecule has 128 valence electrons. The van der Waals surface area contributed by atoms with Crippen LogP contribution in [0, 0.1) is 5.92 Å². The average Bonchev–Trinajstić information content (AvgIpc) is 2.99. The molecule has 1 saturated carbocycles. The number of hydrogen-bond acceptors (Lipinski definition) is 5. The molecular formula is C15H25F2NO4. The van der Waals surface area contributed by atoms with Gasteiger partial charge in [0.15, 0.2) is 0 Å². The van der Waals surface area contributed by atoms with Gasteiger partial charge in [-0.1, -0.05) is 31.8 Å². The first-order valence-corrected chi connectivity index (χ1v) is 7.87. The molecule has 0 bridgehead atoms. The van der Waals surface area contributed by atoms with E-state index < -0.39 is 37.6 Å². The van der Waals surface area contributed by atoms with Crippen molar-refractivity contribution in [2.24, 2.45) is 5.92 Å². The molecular weight excluding hydrogens is 296 g/mol. The fourth-order valence-electron chi connectivity index (χ4n) is 3.27. The summed E-state index contributed by atoms with van der Waals surface area (Å²) in [7, 11) is 0. The van der Waals surface area contributed by atoms with Crippen molar-refractivity contribution in [2.45, 2.75) is 63.1 Å². The molecule has 2 aliphatic carbocycles. The highest BCUT2D eigenvalue weighted by Crippen LogP contribution is 2.27. The van der Waals surface area contributed by atoms with Crippen molar-refractivity contribution in [3.8, 4) is 0 Å². The minimum Gasteiger partial charge on any atom is -0.388 e. The Kier molecular flexibility index (Phi) is 6.70. The van der Waals surface area contributed by atoms with Crippen LogP contribution in [0.1, 0.15) is 32.1 Å². The monoisotopic (exact) mass is 321 g/mol. The zero-order chi connectivity index (χ0) is 16.1. The van der Waals surface area contributed by atoms with E-state index in [0.717, 1.165) is 6.42 Å². The molecule has 1 fully saturated rings. The Morgan fingerprint density at radius 2 is 1.86 bits per heavy atom. The number of halogens is 2. The maximum atomic E-state index is 12.1. The van der Waals surface area contributed by atoms with E-state index in [4.69, 9.17) is 0 Å². The molecule has 5 nitrogen and oxygen atoms in total. The molecule has 0 radical (unpaired) electrons. The second kappa shape index (κ2) is 8.31. The van der Waals surface area contributed by atoms with Crippen LogP contribution in [0.3, 0.4) is 0 Å². The zero-order valence-corrected chi connectivity index (χ0v) is 12.5. The maximum Gasteiger partial charge on any atom is 0.345 e. The van der Waals surface area contributed by atoms with Crippen molar-refractivity contribution < 1.29 is 28.8 Å². The van der Waals surface area contributed by atoms with Crippen LogP contribution in [0.4, 0.5) is 8.78 Å². The summed E-state index contributed by atoms with van der Waals surface area (Å²) in [6.07, 6.45) is 3.46. The first-order valence-electron chi connectivity index (χ1n) is 7.87. The number of aliphatic hydroxyl groups is 3. The van der Waals surface area contributed by atoms with Gasteiger partial charge in [-0.2, -0.15) is 8.78 Å². The van der Waals surface area contributed by atoms with Crippen molar-refractivity contribution in [3.63, 3.8) is 0 Å². The molecule has 2 rings (SSSR count). The topological polar surface area (TPSA) is 82.0 Å². The highest BCUT2D eigenvalue weighted by atomic mass is 19.3. The smallest absolute Gasteiger partial charge is 0.345 e. The molecule has 0 amide bonds. The number of ether oxygens (including phenoxy) is 1. The van der Waals surface area contributed by atoms with Gasteiger partial charge in [-0.05, 0) is 24.5 Å². The number of nitrogens with one attached hydrogen (secondary N) is 1. The van der Waals surface area contributed by atoms with Crippen LogP contribution in [0.15, 0.2) is 11.6 Å². The molecule has 0 saturated heterocycles. The van der Waals surface area contributed by atoms with Crippen molar-refractivity contribution in [3.05, 3.63) is 11.6 Å². The number of aliphatic hydroxyl groups excluding tert-OH is 3. The molecule has 0 aliphatic heterocycles. The Morgan fingerprint density at radius 1 is 1.18 bits per heavy atom. The Labute approximate surface area is 129 Å². The van der Waals surface area contributed by atoms with Gasteiger partial charge in [-0.15, -0.1) is 0 Å². The summed E-state index contributed by atoms with van der Waals surface area (Å²) >= 11 is 0. The first-order chi connectivity index (χ1) is 10.5. The molecule has 0 heterocycles. The third kappa shape index (κ3) is 4.70. The molecule has 0 unspecified atom stereocenters. The van der Waals surface area contributed by atoms with E-state index in [1.54, 1.807) is 0 Å². The summed E-state index contributed by atoms with van der Waals surface area (Å²) in [6, 6.07) is -0.573. The molecule has 22 heavy (non-hydrogen) atoms. The minimum atomic E-state index is -2.94. The van der Waals surface area contributed by atoms with Crippen molar-refractivity contribution in [1.82, 2.24) is 5.32 Å². The van der Waals surface area contributed by atoms with Crippen LogP contribution >= 0.6 is 0 Å². The summed E-state index contributed by atoms with van der Waals surface area (Å²) in [4.78, 5) is 0. The molecule has 2 aliphatic rings. The van der Waals surface area contributed by atoms with Crippen LogP contribution in [0.5, 0.6) is 0 Å². The van der Waals surface area contributed by atoms with Crippen molar-refractivity contribution in [1.29, 1.82) is 0 Å². The van der Waals surface area contributed by atoms with E-state index in [1.807, 2.05) is 0 Å². The molecule has 4 atom stereocenters. The Bertz CT molecular complexity index is 375. The third-order valence-corrected chi connectivity index (χ3v) is 4.60. The Hall–Kier alpha value is -0.600. The van der Waals surface area contributed by atoms with Crippen molar-refractivity contribution in [2.75, 3.05) is 13.2 Å². The maximum absolute atomic E-state index is 12.1. The van der Waals surface area contributed by atoms with Crippen LogP contribution in [-0.2, 0) is 4.74 Å². The predicted molar refractivity (Wildman–Crippen MR) is 76.4 cm³/mol. The van der Waals surface area contributed by atoms with Gasteiger partial charge in [0, 0.05) is 0 Å². The van der Waals surface area contributed by atoms with Crippen LogP contribution in [0.2, 0.25) is 0 Å². The molecule has 0 spiro atoms. The lowest BCUT2D eigenvalue weighted by atomic mass is 9.88. The Balaban J connectivity index is 1.88. The number of alkyl halides is 2. The standard InChI is InChI=1S/C15H25F2NO4/c16-15(17)22-8-10-7-11(13(20)14(21)12(10)19)18-6-5-9-3-1-2-4-9/h7,9,11-15,18-21H,1-6,8H2/t11-,12+,13+,14+/m1/s1. The largest absolute Gasteiger partial charge is 0.388 e. The number of rotatable bonds is 7. The first kappa shape index (κ1) is 17.7. The van der Waals surface area contributed by atoms with Gasteiger partial charge in [0.2, 0.25) is 0 Å². The Morgan fingerprint density at radius 3 is 2.50 bits per heavy atom. The SMILES string of the molecule is O[C@@H]1[C@@H](O)[C@@H](O)C(COC(F)F)=C[C@H]1NCCC1CCCC1. The summed E-state index contributed by atoms with van der Waals surface area (Å²) in [5, 5.41) is 32.8. The van der Waals surface area contributed by atoms with Gasteiger partial charge in [-0.25, -0.2) is 0 Å². The minimum absolute atomic E-state index is 0.163. The second-order valence-corrected chi connectivity index (χ2v) is 6.16. The molecule has 0 aromatic rings. The van der Waals surface area contributed by atoms with E-state index in [2.05, 4.69) is 10.1 Å². The summed E-state index contributed by atoms with van der Waals surface area (Å²) in [5.74, 6) is 0.689. The molecule has 0 aromatic heterocycles. The number of hydrogen-bond donors (Lipinski definition) is 4. The summed E-state index contributed by atoms with van der Waals surface area (Å²) in [6.45, 7) is -2.73. The van der Waals surface area contributed by atoms with Crippen molar-refractivity contribution >= 4 is 0 Å². The van der Waals surface area contributed by atoms with Crippen LogP contribution in [0.25, 0.3) is 0 Å². The highest BCUT2D eigenvalue weighted by molar-refractivity contribution is 5.21. The average molecular weight is 321 g/mol. The molecule has 4 N–H and O–H groups in total. The van der Waals surface area contributed by atoms with Gasteiger partial charge in [0.25, 0.3) is 0 Å². The van der Waals surface area contributed by atoms with Gasteiger partial charge in [-0.3, -0.25) is 0 Å². The van der Waals surface area contributed by atoms with E-state index in [1.165, 1.54) is 31.8 Å². The van der Waals surface area contributed by atoms with E-state index in [-0.39, 0.29) is 5.57 Å². The normalized spacial score (nSPS) is 33.5. The second-order valence-electron chi connectivity index (χ2n) is 6.16. The van der Waals surface area contributed by atoms with Gasteiger partial charge < -0.3 is 25.4 Å². The lowest BCUT2D eigenvalue weighted by Gasteiger charge is -2.35. The third-order valence-electron chi connectivity index (χ3n) is 4.60. The zero-order valence-electron chi connectivity index (χ0n) is 12.5. The fraction of sp³-hybridized carbons (Fsp3) is 0.867. The summed E-state index contributed by atoms with van der Waals surface area (Å²) < 4.78 is 28.4. The quantitative estimate of drug-likeness (QED) is 0.521. The van der Waals surface area contributed by atoms with E-state index in [0.29, 0.717) is 12.5 Å². The van der Waals surface area contributed by atoms with Gasteiger partial charge in [0.1, 0.15) is 18.3 Å². The van der Waals surface area contributed by atoms with Crippen LogP contribution in [-0.4, -0.2) is 59.4 Å². The fourth-order valence-corrected chi connectivity index (χ4v) is 3.27. The lowest BCUT2D eigenvalue weighted by Crippen LogP contribution is -2.54. The van der Waals surface area contributed by atoms with E-state index >= 15 is 0 Å². The van der Waals surface area contributed by atoms with Crippen LogP contribution < -0.4 is 5.32 Å². The summed E-state index contributed by atoms with van der Waals surface area (Å²) in [5.41, 5.74) is 0.163. The molecule has 7 heteroatoms. The van der Waals surface area contributed by atoms with Gasteiger partial charge in [0.05, 0.1) is 12.6 Å². The highest BCUT2D eigenvalue weighted by Gasteiger charge is 2.37. The van der Waals surface area contributed by atoms with Gasteiger partial charge >= 0.3 is 6.61 Å². The lowest BCUT2D eigenvalue weighted by molar-refractivity contribution is -0.129.